The van der Waals surface area contributed by atoms with Gasteiger partial charge in [0.15, 0.2) is 12.3 Å². The van der Waals surface area contributed by atoms with Crippen LogP contribution in [0.5, 0.6) is 5.75 Å². The van der Waals surface area contributed by atoms with Crippen LogP contribution < -0.4 is 4.74 Å². The number of nitrogens with zero attached hydrogens (tertiary/aromatic N) is 3. The molecule has 8 heteroatoms. The fourth-order valence-corrected chi connectivity index (χ4v) is 3.48. The Morgan fingerprint density at radius 1 is 1.10 bits per heavy atom. The van der Waals surface area contributed by atoms with E-state index in [9.17, 15) is 4.79 Å². The molecule has 146 valence electrons. The summed E-state index contributed by atoms with van der Waals surface area (Å²) in [5, 5.41) is 6.34. The fourth-order valence-electron chi connectivity index (χ4n) is 2.68. The van der Waals surface area contributed by atoms with Gasteiger partial charge in [0.1, 0.15) is 10.8 Å². The number of methoxy groups -OCH3 is 1. The number of aryl methyl sites for hydroxylation is 1. The van der Waals surface area contributed by atoms with Crippen molar-refractivity contribution in [2.45, 2.75) is 13.5 Å². The monoisotopic (exact) mass is 407 g/mol. The minimum Gasteiger partial charge on any atom is -0.497 e. The molecule has 2 aromatic heterocycles. The van der Waals surface area contributed by atoms with E-state index in [1.807, 2.05) is 55.5 Å². The number of thiazole rings is 1. The second kappa shape index (κ2) is 8.24. The summed E-state index contributed by atoms with van der Waals surface area (Å²) in [5.41, 5.74) is 3.04. The molecule has 2 aromatic carbocycles. The van der Waals surface area contributed by atoms with Crippen LogP contribution in [-0.4, -0.2) is 28.2 Å². The van der Waals surface area contributed by atoms with E-state index in [1.54, 1.807) is 12.5 Å². The number of rotatable bonds is 6. The third kappa shape index (κ3) is 4.17. The van der Waals surface area contributed by atoms with Gasteiger partial charge in [-0.05, 0) is 36.8 Å². The van der Waals surface area contributed by atoms with Crippen LogP contribution in [0, 0.1) is 6.92 Å². The molecule has 0 bridgehead atoms. The van der Waals surface area contributed by atoms with Crippen molar-refractivity contribution in [1.29, 1.82) is 0 Å². The molecule has 0 atom stereocenters. The first kappa shape index (κ1) is 18.8. The van der Waals surface area contributed by atoms with Crippen LogP contribution in [0.25, 0.3) is 22.0 Å². The first-order chi connectivity index (χ1) is 14.1. The van der Waals surface area contributed by atoms with Gasteiger partial charge in [-0.3, -0.25) is 0 Å². The number of ether oxygens (including phenoxy) is 2. The molecule has 4 aromatic rings. The molecule has 0 aliphatic rings. The predicted octanol–water partition coefficient (Wildman–Crippen LogP) is 4.53. The Morgan fingerprint density at radius 2 is 1.90 bits per heavy atom. The zero-order valence-electron chi connectivity index (χ0n) is 15.8. The lowest BCUT2D eigenvalue weighted by atomic mass is 10.1. The molecule has 0 N–H and O–H groups in total. The molecular weight excluding hydrogens is 390 g/mol. The Labute approximate surface area is 170 Å². The van der Waals surface area contributed by atoms with Gasteiger partial charge in [0.25, 0.3) is 5.89 Å². The minimum atomic E-state index is -0.545. The summed E-state index contributed by atoms with van der Waals surface area (Å²) >= 11 is 1.36. The van der Waals surface area contributed by atoms with Gasteiger partial charge in [0, 0.05) is 16.5 Å². The summed E-state index contributed by atoms with van der Waals surface area (Å²) in [4.78, 5) is 20.9. The number of aromatic nitrogens is 3. The molecule has 0 fully saturated rings. The van der Waals surface area contributed by atoms with E-state index >= 15 is 0 Å². The zero-order chi connectivity index (χ0) is 20.2. The first-order valence-corrected chi connectivity index (χ1v) is 9.67. The summed E-state index contributed by atoms with van der Waals surface area (Å²) in [5.74, 6) is 0.901. The van der Waals surface area contributed by atoms with Gasteiger partial charge in [-0.2, -0.15) is 4.98 Å². The third-order valence-corrected chi connectivity index (χ3v) is 5.12. The predicted molar refractivity (Wildman–Crippen MR) is 108 cm³/mol. The molecule has 0 saturated carbocycles. The van der Waals surface area contributed by atoms with E-state index in [-0.39, 0.29) is 18.2 Å². The molecule has 4 rings (SSSR count). The Balaban J connectivity index is 1.40. The Morgan fingerprint density at radius 3 is 2.66 bits per heavy atom. The minimum absolute atomic E-state index is 0.118. The van der Waals surface area contributed by atoms with E-state index < -0.39 is 5.97 Å². The van der Waals surface area contributed by atoms with Crippen molar-refractivity contribution >= 4 is 17.3 Å². The molecule has 0 amide bonds. The molecule has 0 aliphatic carbocycles. The second-order valence-corrected chi connectivity index (χ2v) is 7.03. The lowest BCUT2D eigenvalue weighted by Gasteiger charge is -2.00. The van der Waals surface area contributed by atoms with Gasteiger partial charge in [0.05, 0.1) is 7.11 Å². The number of hydrogen-bond donors (Lipinski definition) is 0. The SMILES string of the molecule is COc1ccc(-c2nc(C(=O)OCc3nc(-c4ccccc4C)no3)cs2)cc1. The lowest BCUT2D eigenvalue weighted by molar-refractivity contribution is 0.0424. The van der Waals surface area contributed by atoms with E-state index in [1.165, 1.54) is 11.3 Å². The van der Waals surface area contributed by atoms with Crippen LogP contribution in [0.2, 0.25) is 0 Å². The smallest absolute Gasteiger partial charge is 0.358 e. The highest BCUT2D eigenvalue weighted by Gasteiger charge is 2.16. The Kier molecular flexibility index (Phi) is 5.35. The number of carbonyl (C=O) groups is 1. The van der Waals surface area contributed by atoms with Crippen LogP contribution in [0.4, 0.5) is 0 Å². The van der Waals surface area contributed by atoms with Crippen LogP contribution >= 0.6 is 11.3 Å². The van der Waals surface area contributed by atoms with Gasteiger partial charge in [0.2, 0.25) is 5.82 Å². The van der Waals surface area contributed by atoms with Crippen LogP contribution in [0.3, 0.4) is 0 Å². The topological polar surface area (TPSA) is 87.3 Å². The summed E-state index contributed by atoms with van der Waals surface area (Å²) in [6.45, 7) is 1.85. The van der Waals surface area contributed by atoms with Crippen molar-refractivity contribution in [2.75, 3.05) is 7.11 Å². The van der Waals surface area contributed by atoms with E-state index in [4.69, 9.17) is 14.0 Å². The number of esters is 1. The lowest BCUT2D eigenvalue weighted by Crippen LogP contribution is -2.05. The van der Waals surface area contributed by atoms with Crippen LogP contribution in [-0.2, 0) is 11.3 Å². The van der Waals surface area contributed by atoms with Crippen molar-refractivity contribution in [3.8, 4) is 27.7 Å². The quantitative estimate of drug-likeness (QED) is 0.434. The highest BCUT2D eigenvalue weighted by atomic mass is 32.1. The van der Waals surface area contributed by atoms with E-state index in [2.05, 4.69) is 15.1 Å². The normalized spacial score (nSPS) is 10.7. The second-order valence-electron chi connectivity index (χ2n) is 6.17. The van der Waals surface area contributed by atoms with Crippen molar-refractivity contribution in [1.82, 2.24) is 15.1 Å². The van der Waals surface area contributed by atoms with Crippen molar-refractivity contribution in [3.63, 3.8) is 0 Å². The molecular formula is C21H17N3O4S. The first-order valence-electron chi connectivity index (χ1n) is 8.79. The Bertz CT molecular complexity index is 1130. The van der Waals surface area contributed by atoms with Gasteiger partial charge < -0.3 is 14.0 Å². The van der Waals surface area contributed by atoms with Crippen molar-refractivity contribution in [2.24, 2.45) is 0 Å². The van der Waals surface area contributed by atoms with Gasteiger partial charge in [-0.1, -0.05) is 29.4 Å². The largest absolute Gasteiger partial charge is 0.497 e. The highest BCUT2D eigenvalue weighted by Crippen LogP contribution is 2.26. The van der Waals surface area contributed by atoms with E-state index in [0.717, 1.165) is 27.4 Å². The molecule has 0 radical (unpaired) electrons. The number of carbonyl (C=O) groups excluding carboxylic acids is 1. The number of hydrogen-bond acceptors (Lipinski definition) is 8. The molecule has 2 heterocycles. The van der Waals surface area contributed by atoms with Crippen LogP contribution in [0.1, 0.15) is 21.9 Å². The summed E-state index contributed by atoms with van der Waals surface area (Å²) in [6, 6.07) is 15.2. The molecule has 0 saturated heterocycles. The average molecular weight is 407 g/mol. The van der Waals surface area contributed by atoms with Crippen LogP contribution in [0.15, 0.2) is 58.4 Å². The maximum atomic E-state index is 12.3. The maximum absolute atomic E-state index is 12.3. The summed E-state index contributed by atoms with van der Waals surface area (Å²) < 4.78 is 15.6. The molecule has 0 unspecified atom stereocenters. The van der Waals surface area contributed by atoms with Crippen molar-refractivity contribution < 1.29 is 18.8 Å². The summed E-state index contributed by atoms with van der Waals surface area (Å²) in [7, 11) is 1.61. The number of benzene rings is 2. The van der Waals surface area contributed by atoms with Crippen molar-refractivity contribution in [3.05, 3.63) is 71.1 Å². The molecule has 0 spiro atoms. The average Bonchev–Trinajstić information content (AvgIpc) is 3.42. The highest BCUT2D eigenvalue weighted by molar-refractivity contribution is 7.13. The third-order valence-electron chi connectivity index (χ3n) is 4.23. The standard InChI is InChI=1S/C21H17N3O4S/c1-13-5-3-4-6-16(13)19-23-18(28-24-19)11-27-21(25)17-12-29-20(22-17)14-7-9-15(26-2)10-8-14/h3-10,12H,11H2,1-2H3. The zero-order valence-corrected chi connectivity index (χ0v) is 16.6. The van der Waals surface area contributed by atoms with E-state index in [0.29, 0.717) is 5.82 Å². The van der Waals surface area contributed by atoms with Gasteiger partial charge in [-0.15, -0.1) is 11.3 Å². The van der Waals surface area contributed by atoms with Gasteiger partial charge in [-0.25, -0.2) is 9.78 Å². The fraction of sp³-hybridized carbons (Fsp3) is 0.143. The molecule has 0 aliphatic heterocycles. The van der Waals surface area contributed by atoms with Gasteiger partial charge >= 0.3 is 5.97 Å². The maximum Gasteiger partial charge on any atom is 0.358 e. The summed E-state index contributed by atoms with van der Waals surface area (Å²) in [6.07, 6.45) is 0. The molecule has 29 heavy (non-hydrogen) atoms. The molecule has 7 nitrogen and oxygen atoms in total. The Hall–Kier alpha value is -3.52.